The zero-order valence-electron chi connectivity index (χ0n) is 12.6. The van der Waals surface area contributed by atoms with Crippen LogP contribution < -0.4 is 29.6 Å². The summed E-state index contributed by atoms with van der Waals surface area (Å²) >= 11 is 1.46. The average Bonchev–Trinajstić information content (AvgIpc) is 2.88. The quantitative estimate of drug-likeness (QED) is 0.774. The molecular weight excluding hydrogens is 329 g/mol. The van der Waals surface area contributed by atoms with Gasteiger partial charge in [0.1, 0.15) is 10.0 Å². The molecule has 0 radical (unpaired) electrons. The minimum absolute atomic E-state index is 0. The molecular formula is C15H14NNaO3S2. The Morgan fingerprint density at radius 1 is 1.23 bits per heavy atom. The minimum Gasteiger partial charge on any atom is -0.538 e. The summed E-state index contributed by atoms with van der Waals surface area (Å²) in [6, 6.07) is 6.94. The Balaban J connectivity index is 0.00000242. The van der Waals surface area contributed by atoms with Gasteiger partial charge in [-0.05, 0) is 47.9 Å². The molecule has 0 fully saturated rings. The van der Waals surface area contributed by atoms with E-state index in [1.165, 1.54) is 17.4 Å². The molecule has 0 atom stereocenters. The van der Waals surface area contributed by atoms with Crippen molar-refractivity contribution in [3.63, 3.8) is 0 Å². The average molecular weight is 343 g/mol. The first-order valence-electron chi connectivity index (χ1n) is 6.17. The van der Waals surface area contributed by atoms with E-state index in [0.29, 0.717) is 11.1 Å². The van der Waals surface area contributed by atoms with Crippen LogP contribution in [0.1, 0.15) is 27.0 Å². The van der Waals surface area contributed by atoms with Gasteiger partial charge in [-0.1, -0.05) is 23.8 Å². The summed E-state index contributed by atoms with van der Waals surface area (Å²) in [4.78, 5) is 12.0. The van der Waals surface area contributed by atoms with Crippen molar-refractivity contribution in [3.05, 3.63) is 67.4 Å². The standard InChI is InChI=1S/C15H15NO3S2.Na/c1-11-3-4-14(12(2)9-11)15(17)16-21(18,19)8-6-13-5-7-20-10-13;/h3-10H,1-2H3,(H,16,17);/q;+1/p-1/b8-6+;. The summed E-state index contributed by atoms with van der Waals surface area (Å²) in [5.41, 5.74) is 2.77. The Labute approximate surface area is 156 Å². The van der Waals surface area contributed by atoms with E-state index in [1.807, 2.05) is 18.4 Å². The molecule has 0 saturated carbocycles. The van der Waals surface area contributed by atoms with Crippen molar-refractivity contribution in [3.8, 4) is 0 Å². The molecule has 2 rings (SSSR count). The van der Waals surface area contributed by atoms with E-state index in [-0.39, 0.29) is 29.6 Å². The predicted molar refractivity (Wildman–Crippen MR) is 85.9 cm³/mol. The van der Waals surface area contributed by atoms with E-state index < -0.39 is 15.9 Å². The van der Waals surface area contributed by atoms with Gasteiger partial charge in [0.25, 0.3) is 0 Å². The molecule has 1 amide bonds. The van der Waals surface area contributed by atoms with Crippen molar-refractivity contribution in [2.45, 2.75) is 13.8 Å². The molecule has 110 valence electrons. The molecule has 1 heterocycles. The number of hydrogen-bond donors (Lipinski definition) is 0. The van der Waals surface area contributed by atoms with Gasteiger partial charge in [-0.15, -0.1) is 0 Å². The second kappa shape index (κ2) is 8.08. The fraction of sp³-hybridized carbons (Fsp3) is 0.133. The van der Waals surface area contributed by atoms with Crippen molar-refractivity contribution < 1.29 is 42.8 Å². The number of nitrogens with zero attached hydrogens (tertiary/aromatic N) is 1. The molecule has 0 aliphatic heterocycles. The molecule has 1 aromatic carbocycles. The molecule has 0 spiro atoms. The van der Waals surface area contributed by atoms with Gasteiger partial charge < -0.3 is 9.52 Å². The summed E-state index contributed by atoms with van der Waals surface area (Å²) in [6.07, 6.45) is 1.42. The Bertz CT molecular complexity index is 781. The van der Waals surface area contributed by atoms with Crippen LogP contribution in [0.2, 0.25) is 0 Å². The fourth-order valence-electron chi connectivity index (χ4n) is 1.78. The number of carbonyl (C=O) groups is 1. The third-order valence-electron chi connectivity index (χ3n) is 2.80. The van der Waals surface area contributed by atoms with Crippen LogP contribution in [0, 0.1) is 13.8 Å². The number of carbonyl (C=O) groups excluding carboxylic acids is 1. The second-order valence-electron chi connectivity index (χ2n) is 4.59. The van der Waals surface area contributed by atoms with E-state index in [2.05, 4.69) is 4.72 Å². The predicted octanol–water partition coefficient (Wildman–Crippen LogP) is 0.884. The number of thiophene rings is 1. The van der Waals surface area contributed by atoms with Gasteiger partial charge in [-0.2, -0.15) is 11.3 Å². The van der Waals surface area contributed by atoms with Gasteiger partial charge in [-0.25, -0.2) is 8.42 Å². The number of amides is 1. The second-order valence-corrected chi connectivity index (χ2v) is 6.85. The maximum absolute atomic E-state index is 12.0. The SMILES string of the molecule is Cc1ccc(C(=O)[N-]S(=O)(=O)/C=C/c2ccsc2)c(C)c1.[Na+]. The van der Waals surface area contributed by atoms with Crippen LogP contribution in [-0.4, -0.2) is 14.3 Å². The number of rotatable bonds is 4. The van der Waals surface area contributed by atoms with Gasteiger partial charge in [0.2, 0.25) is 0 Å². The summed E-state index contributed by atoms with van der Waals surface area (Å²) in [7, 11) is -3.93. The van der Waals surface area contributed by atoms with Gasteiger partial charge in [0.05, 0.1) is 5.91 Å². The van der Waals surface area contributed by atoms with E-state index in [0.717, 1.165) is 16.5 Å². The van der Waals surface area contributed by atoms with Gasteiger partial charge in [-0.3, -0.25) is 0 Å². The molecule has 1 aromatic heterocycles. The monoisotopic (exact) mass is 343 g/mol. The Hall–Kier alpha value is -0.920. The van der Waals surface area contributed by atoms with Crippen LogP contribution in [-0.2, 0) is 10.0 Å². The zero-order chi connectivity index (χ0) is 15.5. The van der Waals surface area contributed by atoms with Crippen LogP contribution in [0.5, 0.6) is 0 Å². The van der Waals surface area contributed by atoms with Crippen molar-refractivity contribution in [2.24, 2.45) is 0 Å². The maximum Gasteiger partial charge on any atom is 1.00 e. The van der Waals surface area contributed by atoms with Crippen LogP contribution in [0.25, 0.3) is 10.8 Å². The molecule has 0 aliphatic carbocycles. The summed E-state index contributed by atoms with van der Waals surface area (Å²) in [5.74, 6) is -0.748. The van der Waals surface area contributed by atoms with Gasteiger partial charge in [0.15, 0.2) is 0 Å². The van der Waals surface area contributed by atoms with Crippen LogP contribution in [0.15, 0.2) is 40.4 Å². The number of sulfonamides is 1. The molecule has 7 heteroatoms. The largest absolute Gasteiger partial charge is 1.00 e. The Kier molecular flexibility index (Phi) is 7.02. The smallest absolute Gasteiger partial charge is 0.538 e. The van der Waals surface area contributed by atoms with Crippen molar-refractivity contribution >= 4 is 33.3 Å². The topological polar surface area (TPSA) is 65.3 Å². The zero-order valence-corrected chi connectivity index (χ0v) is 16.2. The van der Waals surface area contributed by atoms with Crippen molar-refractivity contribution in [2.75, 3.05) is 0 Å². The van der Waals surface area contributed by atoms with E-state index in [9.17, 15) is 13.2 Å². The number of aryl methyl sites for hydroxylation is 2. The van der Waals surface area contributed by atoms with Crippen LogP contribution >= 0.6 is 11.3 Å². The van der Waals surface area contributed by atoms with E-state index >= 15 is 0 Å². The number of benzene rings is 1. The Morgan fingerprint density at radius 3 is 2.55 bits per heavy atom. The van der Waals surface area contributed by atoms with Gasteiger partial charge in [0, 0.05) is 11.0 Å². The third-order valence-corrected chi connectivity index (χ3v) is 4.40. The molecule has 22 heavy (non-hydrogen) atoms. The number of hydrogen-bond acceptors (Lipinski definition) is 4. The van der Waals surface area contributed by atoms with Crippen LogP contribution in [0.4, 0.5) is 0 Å². The van der Waals surface area contributed by atoms with Crippen molar-refractivity contribution in [1.82, 2.24) is 0 Å². The third kappa shape index (κ3) is 5.37. The van der Waals surface area contributed by atoms with E-state index in [1.54, 1.807) is 30.5 Å². The van der Waals surface area contributed by atoms with Gasteiger partial charge >= 0.3 is 29.6 Å². The molecule has 0 N–H and O–H groups in total. The van der Waals surface area contributed by atoms with E-state index in [4.69, 9.17) is 0 Å². The minimum atomic E-state index is -3.93. The first-order chi connectivity index (χ1) is 9.87. The molecule has 0 saturated heterocycles. The summed E-state index contributed by atoms with van der Waals surface area (Å²) in [6.45, 7) is 3.66. The normalized spacial score (nSPS) is 11.2. The molecule has 0 bridgehead atoms. The Morgan fingerprint density at radius 2 is 1.95 bits per heavy atom. The summed E-state index contributed by atoms with van der Waals surface area (Å²) in [5, 5.41) is 4.58. The summed E-state index contributed by atoms with van der Waals surface area (Å²) < 4.78 is 27.0. The van der Waals surface area contributed by atoms with Crippen LogP contribution in [0.3, 0.4) is 0 Å². The molecule has 4 nitrogen and oxygen atoms in total. The van der Waals surface area contributed by atoms with Crippen molar-refractivity contribution in [1.29, 1.82) is 0 Å². The molecule has 0 unspecified atom stereocenters. The molecule has 2 aromatic rings. The first kappa shape index (κ1) is 19.1. The first-order valence-corrected chi connectivity index (χ1v) is 8.62. The molecule has 0 aliphatic rings. The maximum atomic E-state index is 12.0. The fourth-order valence-corrected chi connectivity index (χ4v) is 3.13.